The Labute approximate surface area is 99.8 Å². The highest BCUT2D eigenvalue weighted by Crippen LogP contribution is 2.26. The molecule has 0 saturated heterocycles. The van der Waals surface area contributed by atoms with Gasteiger partial charge >= 0.3 is 0 Å². The van der Waals surface area contributed by atoms with E-state index in [0.717, 1.165) is 12.8 Å². The standard InChI is InChI=1S/C12H16N2O3/c1-17-11-7-13-3-2-10(11)12(16)14-6-8-4-9(15)5-8/h2-3,7-9,15H,4-6H2,1H3,(H,14,16). The maximum Gasteiger partial charge on any atom is 0.255 e. The molecule has 1 aliphatic carbocycles. The van der Waals surface area contributed by atoms with Gasteiger partial charge in [-0.2, -0.15) is 0 Å². The summed E-state index contributed by atoms with van der Waals surface area (Å²) in [7, 11) is 1.51. The first kappa shape index (κ1) is 11.9. The van der Waals surface area contributed by atoms with E-state index < -0.39 is 0 Å². The van der Waals surface area contributed by atoms with E-state index in [1.54, 1.807) is 12.3 Å². The lowest BCUT2D eigenvalue weighted by Crippen LogP contribution is -2.38. The second kappa shape index (κ2) is 5.14. The maximum atomic E-state index is 11.9. The molecule has 17 heavy (non-hydrogen) atoms. The molecule has 1 amide bonds. The highest BCUT2D eigenvalue weighted by molar-refractivity contribution is 5.96. The van der Waals surface area contributed by atoms with E-state index in [9.17, 15) is 4.79 Å². The number of nitrogens with zero attached hydrogens (tertiary/aromatic N) is 1. The molecule has 2 rings (SSSR count). The summed E-state index contributed by atoms with van der Waals surface area (Å²) >= 11 is 0. The van der Waals surface area contributed by atoms with Crippen LogP contribution in [0, 0.1) is 5.92 Å². The topological polar surface area (TPSA) is 71.5 Å². The van der Waals surface area contributed by atoms with Crippen LogP contribution in [0.15, 0.2) is 18.5 Å². The van der Waals surface area contributed by atoms with Gasteiger partial charge in [0.1, 0.15) is 5.75 Å². The molecule has 0 atom stereocenters. The van der Waals surface area contributed by atoms with Crippen molar-refractivity contribution in [1.82, 2.24) is 10.3 Å². The first-order chi connectivity index (χ1) is 8.20. The van der Waals surface area contributed by atoms with E-state index in [-0.39, 0.29) is 12.0 Å². The number of rotatable bonds is 4. The molecule has 92 valence electrons. The van der Waals surface area contributed by atoms with Crippen LogP contribution in [0.5, 0.6) is 5.75 Å². The number of nitrogens with one attached hydrogen (secondary N) is 1. The fourth-order valence-electron chi connectivity index (χ4n) is 1.93. The van der Waals surface area contributed by atoms with Crippen molar-refractivity contribution in [3.63, 3.8) is 0 Å². The van der Waals surface area contributed by atoms with Crippen molar-refractivity contribution in [3.05, 3.63) is 24.0 Å². The molecule has 0 unspecified atom stereocenters. The molecular formula is C12H16N2O3. The number of hydrogen-bond acceptors (Lipinski definition) is 4. The van der Waals surface area contributed by atoms with Gasteiger partial charge in [-0.1, -0.05) is 0 Å². The predicted octanol–water partition coefficient (Wildman–Crippen LogP) is 0.591. The number of aliphatic hydroxyl groups is 1. The molecular weight excluding hydrogens is 220 g/mol. The smallest absolute Gasteiger partial charge is 0.255 e. The van der Waals surface area contributed by atoms with E-state index in [4.69, 9.17) is 9.84 Å². The van der Waals surface area contributed by atoms with Crippen molar-refractivity contribution in [1.29, 1.82) is 0 Å². The molecule has 2 N–H and O–H groups in total. The van der Waals surface area contributed by atoms with E-state index in [0.29, 0.717) is 23.8 Å². The van der Waals surface area contributed by atoms with Gasteiger partial charge in [0.15, 0.2) is 0 Å². The molecule has 0 aromatic carbocycles. The Kier molecular flexibility index (Phi) is 3.58. The largest absolute Gasteiger partial charge is 0.494 e. The van der Waals surface area contributed by atoms with Gasteiger partial charge in [-0.15, -0.1) is 0 Å². The highest BCUT2D eigenvalue weighted by Gasteiger charge is 2.27. The third kappa shape index (κ3) is 2.74. The van der Waals surface area contributed by atoms with Crippen molar-refractivity contribution in [2.45, 2.75) is 18.9 Å². The Morgan fingerprint density at radius 2 is 2.41 bits per heavy atom. The third-order valence-corrected chi connectivity index (χ3v) is 3.01. The number of carbonyl (C=O) groups is 1. The summed E-state index contributed by atoms with van der Waals surface area (Å²) in [6.07, 6.45) is 4.43. The monoisotopic (exact) mass is 236 g/mol. The van der Waals surface area contributed by atoms with Crippen molar-refractivity contribution in [2.75, 3.05) is 13.7 Å². The number of aliphatic hydroxyl groups excluding tert-OH is 1. The molecule has 1 fully saturated rings. The Balaban J connectivity index is 1.90. The second-order valence-electron chi connectivity index (χ2n) is 4.28. The molecule has 1 heterocycles. The van der Waals surface area contributed by atoms with Gasteiger partial charge in [0.05, 0.1) is 25.0 Å². The van der Waals surface area contributed by atoms with Gasteiger partial charge in [-0.3, -0.25) is 9.78 Å². The molecule has 5 heteroatoms. The fourth-order valence-corrected chi connectivity index (χ4v) is 1.93. The zero-order valence-electron chi connectivity index (χ0n) is 9.72. The average molecular weight is 236 g/mol. The summed E-state index contributed by atoms with van der Waals surface area (Å²) in [5.74, 6) is 0.700. The molecule has 1 saturated carbocycles. The minimum Gasteiger partial charge on any atom is -0.494 e. The van der Waals surface area contributed by atoms with Crippen LogP contribution >= 0.6 is 0 Å². The zero-order chi connectivity index (χ0) is 12.3. The first-order valence-corrected chi connectivity index (χ1v) is 5.65. The number of hydrogen-bond donors (Lipinski definition) is 2. The number of carbonyl (C=O) groups excluding carboxylic acids is 1. The van der Waals surface area contributed by atoms with E-state index in [2.05, 4.69) is 10.3 Å². The normalized spacial score (nSPS) is 22.7. The molecule has 5 nitrogen and oxygen atoms in total. The van der Waals surface area contributed by atoms with Gasteiger partial charge in [0.2, 0.25) is 0 Å². The molecule has 0 spiro atoms. The van der Waals surface area contributed by atoms with E-state index in [1.165, 1.54) is 13.3 Å². The molecule has 1 aromatic rings. The van der Waals surface area contributed by atoms with Crippen LogP contribution in [0.25, 0.3) is 0 Å². The summed E-state index contributed by atoms with van der Waals surface area (Å²) in [5.41, 5.74) is 0.488. The van der Waals surface area contributed by atoms with Gasteiger partial charge in [0.25, 0.3) is 5.91 Å². The number of aromatic nitrogens is 1. The first-order valence-electron chi connectivity index (χ1n) is 5.65. The van der Waals surface area contributed by atoms with Crippen molar-refractivity contribution < 1.29 is 14.6 Å². The number of amides is 1. The zero-order valence-corrected chi connectivity index (χ0v) is 9.72. The Bertz CT molecular complexity index is 402. The number of methoxy groups -OCH3 is 1. The molecule has 1 aromatic heterocycles. The van der Waals surface area contributed by atoms with Crippen LogP contribution < -0.4 is 10.1 Å². The van der Waals surface area contributed by atoms with Gasteiger partial charge < -0.3 is 15.2 Å². The van der Waals surface area contributed by atoms with Gasteiger partial charge in [0, 0.05) is 12.7 Å². The van der Waals surface area contributed by atoms with Crippen LogP contribution in [-0.2, 0) is 0 Å². The average Bonchev–Trinajstić information content (AvgIpc) is 2.32. The van der Waals surface area contributed by atoms with Crippen LogP contribution in [0.2, 0.25) is 0 Å². The predicted molar refractivity (Wildman–Crippen MR) is 61.9 cm³/mol. The minimum absolute atomic E-state index is 0.161. The Hall–Kier alpha value is -1.62. The lowest BCUT2D eigenvalue weighted by Gasteiger charge is -2.31. The summed E-state index contributed by atoms with van der Waals surface area (Å²) in [5, 5.41) is 12.0. The van der Waals surface area contributed by atoms with Crippen LogP contribution in [0.4, 0.5) is 0 Å². The Morgan fingerprint density at radius 3 is 3.06 bits per heavy atom. The lowest BCUT2D eigenvalue weighted by molar-refractivity contribution is 0.0420. The second-order valence-corrected chi connectivity index (χ2v) is 4.28. The SMILES string of the molecule is COc1cnccc1C(=O)NCC1CC(O)C1. The van der Waals surface area contributed by atoms with Crippen LogP contribution in [-0.4, -0.2) is 35.8 Å². The molecule has 0 radical (unpaired) electrons. The minimum atomic E-state index is -0.188. The Morgan fingerprint density at radius 1 is 1.65 bits per heavy atom. The van der Waals surface area contributed by atoms with Crippen LogP contribution in [0.1, 0.15) is 23.2 Å². The summed E-state index contributed by atoms with van der Waals surface area (Å²) in [6.45, 7) is 0.599. The highest BCUT2D eigenvalue weighted by atomic mass is 16.5. The quantitative estimate of drug-likeness (QED) is 0.802. The van der Waals surface area contributed by atoms with Crippen LogP contribution in [0.3, 0.4) is 0 Å². The third-order valence-electron chi connectivity index (χ3n) is 3.01. The summed E-state index contributed by atoms with van der Waals surface area (Å²) < 4.78 is 5.07. The lowest BCUT2D eigenvalue weighted by atomic mass is 9.82. The van der Waals surface area contributed by atoms with Crippen molar-refractivity contribution in [2.24, 2.45) is 5.92 Å². The summed E-state index contributed by atoms with van der Waals surface area (Å²) in [4.78, 5) is 15.8. The molecule has 0 bridgehead atoms. The molecule has 0 aliphatic heterocycles. The maximum absolute atomic E-state index is 11.9. The number of ether oxygens (including phenoxy) is 1. The fraction of sp³-hybridized carbons (Fsp3) is 0.500. The molecule has 1 aliphatic rings. The summed E-state index contributed by atoms with van der Waals surface area (Å²) in [6, 6.07) is 1.63. The van der Waals surface area contributed by atoms with Crippen molar-refractivity contribution in [3.8, 4) is 5.75 Å². The van der Waals surface area contributed by atoms with E-state index in [1.807, 2.05) is 0 Å². The van der Waals surface area contributed by atoms with E-state index >= 15 is 0 Å². The van der Waals surface area contributed by atoms with Crippen molar-refractivity contribution >= 4 is 5.91 Å². The van der Waals surface area contributed by atoms with Gasteiger partial charge in [-0.25, -0.2) is 0 Å². The van der Waals surface area contributed by atoms with Gasteiger partial charge in [-0.05, 0) is 24.8 Å². The number of pyridine rings is 1.